The van der Waals surface area contributed by atoms with E-state index in [0.717, 1.165) is 21.2 Å². The monoisotopic (exact) mass is 409 g/mol. The van der Waals surface area contributed by atoms with E-state index in [4.69, 9.17) is 13.9 Å². The molecule has 5 nitrogen and oxygen atoms in total. The number of thioether (sulfide) groups is 1. The number of thiazole rings is 1. The van der Waals surface area contributed by atoms with Crippen molar-refractivity contribution >= 4 is 34.1 Å². The van der Waals surface area contributed by atoms with Gasteiger partial charge in [-0.2, -0.15) is 0 Å². The molecule has 1 aliphatic rings. The molecular formula is C21H15NO4S2. The highest BCUT2D eigenvalue weighted by atomic mass is 32.2. The van der Waals surface area contributed by atoms with Crippen LogP contribution in [-0.2, 0) is 0 Å². The SMILES string of the molecule is O=c1oc2ccccc2cc1-c1csc(SCC2COc3ccccc3O2)n1. The zero-order valence-electron chi connectivity index (χ0n) is 14.7. The molecule has 4 aromatic rings. The summed E-state index contributed by atoms with van der Waals surface area (Å²) in [6, 6.07) is 17.0. The predicted molar refractivity (Wildman–Crippen MR) is 111 cm³/mol. The molecule has 0 saturated carbocycles. The predicted octanol–water partition coefficient (Wildman–Crippen LogP) is 4.85. The van der Waals surface area contributed by atoms with Crippen LogP contribution in [0.25, 0.3) is 22.2 Å². The van der Waals surface area contributed by atoms with Gasteiger partial charge in [-0.3, -0.25) is 0 Å². The van der Waals surface area contributed by atoms with E-state index in [1.807, 2.05) is 53.9 Å². The van der Waals surface area contributed by atoms with E-state index < -0.39 is 0 Å². The highest BCUT2D eigenvalue weighted by molar-refractivity contribution is 8.01. The molecule has 7 heteroatoms. The fourth-order valence-electron chi connectivity index (χ4n) is 3.00. The van der Waals surface area contributed by atoms with E-state index in [9.17, 15) is 4.79 Å². The average Bonchev–Trinajstić information content (AvgIpc) is 3.20. The molecule has 2 aromatic heterocycles. The van der Waals surface area contributed by atoms with Crippen molar-refractivity contribution in [3.05, 3.63) is 70.4 Å². The van der Waals surface area contributed by atoms with Crippen molar-refractivity contribution in [1.29, 1.82) is 0 Å². The summed E-state index contributed by atoms with van der Waals surface area (Å²) in [6.07, 6.45) is -0.0435. The second-order valence-corrected chi connectivity index (χ2v) is 8.42. The van der Waals surface area contributed by atoms with E-state index in [1.165, 1.54) is 11.3 Å². The summed E-state index contributed by atoms with van der Waals surface area (Å²) in [7, 11) is 0. The topological polar surface area (TPSA) is 61.6 Å². The summed E-state index contributed by atoms with van der Waals surface area (Å²) in [4.78, 5) is 16.9. The first kappa shape index (κ1) is 17.3. The van der Waals surface area contributed by atoms with Crippen molar-refractivity contribution in [2.45, 2.75) is 10.4 Å². The van der Waals surface area contributed by atoms with Gasteiger partial charge in [0.1, 0.15) is 18.3 Å². The smallest absolute Gasteiger partial charge is 0.345 e. The Labute approximate surface area is 168 Å². The molecule has 5 rings (SSSR count). The van der Waals surface area contributed by atoms with E-state index in [0.29, 0.717) is 29.2 Å². The number of para-hydroxylation sites is 3. The van der Waals surface area contributed by atoms with Gasteiger partial charge in [-0.1, -0.05) is 42.1 Å². The van der Waals surface area contributed by atoms with Gasteiger partial charge in [0, 0.05) is 16.5 Å². The Balaban J connectivity index is 1.31. The Kier molecular flexibility index (Phi) is 4.54. The van der Waals surface area contributed by atoms with Gasteiger partial charge in [-0.05, 0) is 24.3 Å². The fraction of sp³-hybridized carbons (Fsp3) is 0.143. The summed E-state index contributed by atoms with van der Waals surface area (Å²) < 4.78 is 18.0. The number of rotatable bonds is 4. The highest BCUT2D eigenvalue weighted by Crippen LogP contribution is 2.34. The molecule has 0 spiro atoms. The Morgan fingerprint density at radius 3 is 2.86 bits per heavy atom. The quantitative estimate of drug-likeness (QED) is 0.355. The van der Waals surface area contributed by atoms with Crippen LogP contribution in [0.5, 0.6) is 11.5 Å². The van der Waals surface area contributed by atoms with Crippen molar-refractivity contribution in [2.24, 2.45) is 0 Å². The van der Waals surface area contributed by atoms with Crippen molar-refractivity contribution in [2.75, 3.05) is 12.4 Å². The second kappa shape index (κ2) is 7.33. The Hall–Kier alpha value is -2.77. The number of hydrogen-bond acceptors (Lipinski definition) is 7. The van der Waals surface area contributed by atoms with E-state index in [-0.39, 0.29) is 11.7 Å². The van der Waals surface area contributed by atoms with Gasteiger partial charge in [0.05, 0.1) is 11.3 Å². The molecule has 0 N–H and O–H groups in total. The number of hydrogen-bond donors (Lipinski definition) is 0. The van der Waals surface area contributed by atoms with Gasteiger partial charge in [0.15, 0.2) is 15.8 Å². The van der Waals surface area contributed by atoms with Crippen LogP contribution in [0, 0.1) is 0 Å². The summed E-state index contributed by atoms with van der Waals surface area (Å²) in [5.41, 5.74) is 1.32. The minimum Gasteiger partial charge on any atom is -0.486 e. The minimum absolute atomic E-state index is 0.0435. The van der Waals surface area contributed by atoms with Crippen LogP contribution in [0.1, 0.15) is 0 Å². The molecule has 1 unspecified atom stereocenters. The van der Waals surface area contributed by atoms with Crippen molar-refractivity contribution < 1.29 is 13.9 Å². The third-order valence-corrected chi connectivity index (χ3v) is 6.51. The number of aromatic nitrogens is 1. The summed E-state index contributed by atoms with van der Waals surface area (Å²) in [5.74, 6) is 2.27. The van der Waals surface area contributed by atoms with Crippen molar-refractivity contribution in [3.8, 4) is 22.8 Å². The number of nitrogens with zero attached hydrogens (tertiary/aromatic N) is 1. The standard InChI is InChI=1S/C21H15NO4S2/c23-20-15(9-13-5-1-2-6-17(13)26-20)16-12-28-21(22-16)27-11-14-10-24-18-7-3-4-8-19(18)25-14/h1-9,12,14H,10-11H2. The molecule has 140 valence electrons. The van der Waals surface area contributed by atoms with Gasteiger partial charge in [0.2, 0.25) is 0 Å². The van der Waals surface area contributed by atoms with Crippen LogP contribution in [0.2, 0.25) is 0 Å². The van der Waals surface area contributed by atoms with Gasteiger partial charge >= 0.3 is 5.63 Å². The fourth-order valence-corrected chi connectivity index (χ4v) is 4.82. The van der Waals surface area contributed by atoms with Crippen molar-refractivity contribution in [1.82, 2.24) is 4.98 Å². The average molecular weight is 409 g/mol. The molecule has 1 atom stereocenters. The molecule has 0 aliphatic carbocycles. The van der Waals surface area contributed by atoms with Crippen LogP contribution in [0.3, 0.4) is 0 Å². The Morgan fingerprint density at radius 1 is 1.11 bits per heavy atom. The van der Waals surface area contributed by atoms with Gasteiger partial charge in [-0.15, -0.1) is 11.3 Å². The van der Waals surface area contributed by atoms with Gasteiger partial charge < -0.3 is 13.9 Å². The maximum absolute atomic E-state index is 12.3. The first-order valence-corrected chi connectivity index (χ1v) is 10.6. The van der Waals surface area contributed by atoms with E-state index in [1.54, 1.807) is 17.8 Å². The van der Waals surface area contributed by atoms with Crippen LogP contribution >= 0.6 is 23.1 Å². The zero-order chi connectivity index (χ0) is 18.9. The lowest BCUT2D eigenvalue weighted by atomic mass is 10.1. The molecule has 0 amide bonds. The first-order chi connectivity index (χ1) is 13.8. The summed E-state index contributed by atoms with van der Waals surface area (Å²) in [6.45, 7) is 0.510. The number of benzene rings is 2. The maximum atomic E-state index is 12.3. The minimum atomic E-state index is -0.374. The third-order valence-electron chi connectivity index (χ3n) is 4.36. The highest BCUT2D eigenvalue weighted by Gasteiger charge is 2.21. The molecule has 0 saturated heterocycles. The van der Waals surface area contributed by atoms with Gasteiger partial charge in [0.25, 0.3) is 0 Å². The van der Waals surface area contributed by atoms with Crippen molar-refractivity contribution in [3.63, 3.8) is 0 Å². The molecular weight excluding hydrogens is 394 g/mol. The maximum Gasteiger partial charge on any atom is 0.345 e. The van der Waals surface area contributed by atoms with E-state index in [2.05, 4.69) is 4.98 Å². The Bertz CT molecular complexity index is 1200. The van der Waals surface area contributed by atoms with Crippen LogP contribution in [-0.4, -0.2) is 23.4 Å². The summed E-state index contributed by atoms with van der Waals surface area (Å²) in [5, 5.41) is 2.77. The third kappa shape index (κ3) is 3.39. The second-order valence-electron chi connectivity index (χ2n) is 6.29. The normalized spacial score (nSPS) is 15.6. The molecule has 3 heterocycles. The van der Waals surface area contributed by atoms with Crippen LogP contribution in [0.15, 0.2) is 73.5 Å². The number of ether oxygens (including phenoxy) is 2. The molecule has 0 bridgehead atoms. The lowest BCUT2D eigenvalue weighted by molar-refractivity contribution is 0.107. The molecule has 0 fully saturated rings. The first-order valence-electron chi connectivity index (χ1n) is 8.76. The zero-order valence-corrected chi connectivity index (χ0v) is 16.3. The molecule has 28 heavy (non-hydrogen) atoms. The largest absolute Gasteiger partial charge is 0.486 e. The molecule has 0 radical (unpaired) electrons. The lowest BCUT2D eigenvalue weighted by Crippen LogP contribution is -2.31. The van der Waals surface area contributed by atoms with E-state index >= 15 is 0 Å². The number of fused-ring (bicyclic) bond motifs is 2. The molecule has 1 aliphatic heterocycles. The Morgan fingerprint density at radius 2 is 1.93 bits per heavy atom. The van der Waals surface area contributed by atoms with Crippen LogP contribution in [0.4, 0.5) is 0 Å². The summed E-state index contributed by atoms with van der Waals surface area (Å²) >= 11 is 3.10. The van der Waals surface area contributed by atoms with Crippen LogP contribution < -0.4 is 15.1 Å². The molecule has 2 aromatic carbocycles. The van der Waals surface area contributed by atoms with Gasteiger partial charge in [-0.25, -0.2) is 9.78 Å². The lowest BCUT2D eigenvalue weighted by Gasteiger charge is -2.25.